The van der Waals surface area contributed by atoms with Gasteiger partial charge < -0.3 is 10.5 Å². The molecule has 7 heteroatoms. The summed E-state index contributed by atoms with van der Waals surface area (Å²) in [5, 5.41) is 1.11. The van der Waals surface area contributed by atoms with Crippen LogP contribution in [0.3, 0.4) is 0 Å². The highest BCUT2D eigenvalue weighted by atomic mass is 35.5. The van der Waals surface area contributed by atoms with Crippen molar-refractivity contribution in [2.45, 2.75) is 0 Å². The van der Waals surface area contributed by atoms with Crippen LogP contribution >= 0.6 is 23.2 Å². The summed E-state index contributed by atoms with van der Waals surface area (Å²) in [5.41, 5.74) is 6.79. The van der Waals surface area contributed by atoms with Gasteiger partial charge in [0.05, 0.1) is 5.56 Å². The minimum Gasteiger partial charge on any atom is -0.483 e. The van der Waals surface area contributed by atoms with Crippen LogP contribution in [0.1, 0.15) is 10.4 Å². The molecule has 0 atom stereocenters. The zero-order valence-corrected chi connectivity index (χ0v) is 16.2. The Morgan fingerprint density at radius 3 is 1.82 bits per heavy atom. The molecule has 5 nitrogen and oxygen atoms in total. The largest absolute Gasteiger partial charge is 0.483 e. The fourth-order valence-corrected chi connectivity index (χ4v) is 2.87. The van der Waals surface area contributed by atoms with Gasteiger partial charge in [-0.1, -0.05) is 35.3 Å². The average Bonchev–Trinajstić information content (AvgIpc) is 2.69. The van der Waals surface area contributed by atoms with Crippen molar-refractivity contribution in [2.75, 3.05) is 11.5 Å². The molecule has 0 aliphatic heterocycles. The number of nitrogens with zero attached hydrogens (tertiary/aromatic N) is 1. The third kappa shape index (κ3) is 4.63. The Kier molecular flexibility index (Phi) is 6.19. The Morgan fingerprint density at radius 2 is 1.32 bits per heavy atom. The van der Waals surface area contributed by atoms with Crippen LogP contribution in [0.5, 0.6) is 5.75 Å². The number of primary amides is 1. The fraction of sp³-hybridized carbons (Fsp3) is 0.0476. The summed E-state index contributed by atoms with van der Waals surface area (Å²) in [4.78, 5) is 26.0. The van der Waals surface area contributed by atoms with Crippen LogP contribution in [0.25, 0.3) is 0 Å². The van der Waals surface area contributed by atoms with Crippen molar-refractivity contribution < 1.29 is 14.3 Å². The number of carbonyl (C=O) groups excluding carboxylic acids is 2. The van der Waals surface area contributed by atoms with Gasteiger partial charge in [-0.15, -0.1) is 0 Å². The summed E-state index contributed by atoms with van der Waals surface area (Å²) >= 11 is 11.9. The molecule has 0 bridgehead atoms. The zero-order chi connectivity index (χ0) is 20.1. The maximum absolute atomic E-state index is 13.0. The maximum Gasteiger partial charge on any atom is 0.269 e. The predicted octanol–water partition coefficient (Wildman–Crippen LogP) is 4.84. The van der Waals surface area contributed by atoms with Crippen molar-refractivity contribution in [3.63, 3.8) is 0 Å². The van der Waals surface area contributed by atoms with Gasteiger partial charge in [0.25, 0.3) is 11.8 Å². The maximum atomic E-state index is 13.0. The van der Waals surface area contributed by atoms with Gasteiger partial charge in [-0.25, -0.2) is 0 Å². The standard InChI is InChI=1S/C21H16Cl2N2O3/c22-14-5-9-16(10-6-14)25(17-11-7-15(23)8-12-17)20(26)13-28-19-4-2-1-3-18(19)21(24)27/h1-12H,13H2,(H2,24,27). The molecule has 0 radical (unpaired) electrons. The first-order valence-corrected chi connectivity index (χ1v) is 9.07. The van der Waals surface area contributed by atoms with Crippen molar-refractivity contribution in [3.05, 3.63) is 88.4 Å². The summed E-state index contributed by atoms with van der Waals surface area (Å²) in [6.45, 7) is -0.296. The molecule has 3 aromatic rings. The zero-order valence-electron chi connectivity index (χ0n) is 14.6. The van der Waals surface area contributed by atoms with Gasteiger partial charge in [-0.05, 0) is 60.7 Å². The highest BCUT2D eigenvalue weighted by Gasteiger charge is 2.20. The van der Waals surface area contributed by atoms with E-state index in [0.717, 1.165) is 0 Å². The molecule has 0 saturated heterocycles. The Bertz CT molecular complexity index is 944. The Labute approximate surface area is 172 Å². The minimum atomic E-state index is -0.629. The van der Waals surface area contributed by atoms with Crippen LogP contribution in [-0.4, -0.2) is 18.4 Å². The van der Waals surface area contributed by atoms with Gasteiger partial charge in [0, 0.05) is 21.4 Å². The number of hydrogen-bond donors (Lipinski definition) is 1. The van der Waals surface area contributed by atoms with Crippen LogP contribution in [0, 0.1) is 0 Å². The average molecular weight is 415 g/mol. The van der Waals surface area contributed by atoms with Crippen LogP contribution < -0.4 is 15.4 Å². The SMILES string of the molecule is NC(=O)c1ccccc1OCC(=O)N(c1ccc(Cl)cc1)c1ccc(Cl)cc1. The van der Waals surface area contributed by atoms with Crippen LogP contribution in [0.15, 0.2) is 72.8 Å². The summed E-state index contributed by atoms with van der Waals surface area (Å²) < 4.78 is 5.59. The molecule has 2 N–H and O–H groups in total. The van der Waals surface area contributed by atoms with E-state index < -0.39 is 5.91 Å². The number of ether oxygens (including phenoxy) is 1. The Hall–Kier alpha value is -3.02. The van der Waals surface area contributed by atoms with Gasteiger partial charge >= 0.3 is 0 Å². The topological polar surface area (TPSA) is 72.6 Å². The molecule has 28 heavy (non-hydrogen) atoms. The van der Waals surface area contributed by atoms with Crippen LogP contribution in [-0.2, 0) is 4.79 Å². The quantitative estimate of drug-likeness (QED) is 0.627. The smallest absolute Gasteiger partial charge is 0.269 e. The van der Waals surface area contributed by atoms with Crippen LogP contribution in [0.4, 0.5) is 11.4 Å². The van der Waals surface area contributed by atoms with Gasteiger partial charge in [-0.3, -0.25) is 14.5 Å². The molecule has 0 spiro atoms. The summed E-state index contributed by atoms with van der Waals surface area (Å²) in [6.07, 6.45) is 0. The summed E-state index contributed by atoms with van der Waals surface area (Å²) in [7, 11) is 0. The van der Waals surface area contributed by atoms with Crippen molar-refractivity contribution in [3.8, 4) is 5.75 Å². The second-order valence-corrected chi connectivity index (χ2v) is 6.70. The number of para-hydroxylation sites is 1. The van der Waals surface area contributed by atoms with Gasteiger partial charge in [-0.2, -0.15) is 0 Å². The van der Waals surface area contributed by atoms with E-state index in [1.165, 1.54) is 11.0 Å². The number of rotatable bonds is 6. The third-order valence-electron chi connectivity index (χ3n) is 3.92. The fourth-order valence-electron chi connectivity index (χ4n) is 2.62. The molecule has 142 valence electrons. The van der Waals surface area contributed by atoms with Gasteiger partial charge in [0.2, 0.25) is 0 Å². The second kappa shape index (κ2) is 8.78. The summed E-state index contributed by atoms with van der Waals surface area (Å²) in [6, 6.07) is 20.2. The van der Waals surface area contributed by atoms with Crippen molar-refractivity contribution in [1.29, 1.82) is 0 Å². The van der Waals surface area contributed by atoms with Crippen molar-refractivity contribution in [1.82, 2.24) is 0 Å². The molecular weight excluding hydrogens is 399 g/mol. The predicted molar refractivity (Wildman–Crippen MR) is 111 cm³/mol. The van der Waals surface area contributed by atoms with Crippen molar-refractivity contribution >= 4 is 46.4 Å². The number of halogens is 2. The Balaban J connectivity index is 1.88. The monoisotopic (exact) mass is 414 g/mol. The first-order chi connectivity index (χ1) is 13.5. The molecule has 3 aromatic carbocycles. The van der Waals surface area contributed by atoms with E-state index in [2.05, 4.69) is 0 Å². The molecule has 0 aliphatic rings. The number of hydrogen-bond acceptors (Lipinski definition) is 3. The molecule has 0 heterocycles. The van der Waals surface area contributed by atoms with Gasteiger partial charge in [0.1, 0.15) is 5.75 Å². The Morgan fingerprint density at radius 1 is 0.821 bits per heavy atom. The lowest BCUT2D eigenvalue weighted by atomic mass is 10.2. The van der Waals surface area contributed by atoms with E-state index in [1.54, 1.807) is 66.7 Å². The third-order valence-corrected chi connectivity index (χ3v) is 4.43. The van der Waals surface area contributed by atoms with Crippen molar-refractivity contribution in [2.24, 2.45) is 5.73 Å². The highest BCUT2D eigenvalue weighted by molar-refractivity contribution is 6.31. The molecule has 3 rings (SSSR count). The number of carbonyl (C=O) groups is 2. The molecule has 0 saturated carbocycles. The number of anilines is 2. The number of amides is 2. The first-order valence-electron chi connectivity index (χ1n) is 8.31. The molecular formula is C21H16Cl2N2O3. The lowest BCUT2D eigenvalue weighted by Gasteiger charge is -2.23. The van der Waals surface area contributed by atoms with E-state index in [9.17, 15) is 9.59 Å². The molecule has 0 aliphatic carbocycles. The van der Waals surface area contributed by atoms with E-state index in [1.807, 2.05) is 0 Å². The highest BCUT2D eigenvalue weighted by Crippen LogP contribution is 2.28. The first kappa shape index (κ1) is 19.7. The molecule has 2 amide bonds. The molecule has 0 aromatic heterocycles. The number of nitrogens with two attached hydrogens (primary N) is 1. The van der Waals surface area contributed by atoms with E-state index >= 15 is 0 Å². The molecule has 0 unspecified atom stereocenters. The van der Waals surface area contributed by atoms with Gasteiger partial charge in [0.15, 0.2) is 6.61 Å². The van der Waals surface area contributed by atoms with E-state index in [-0.39, 0.29) is 23.8 Å². The lowest BCUT2D eigenvalue weighted by molar-refractivity contribution is -0.119. The number of benzene rings is 3. The second-order valence-electron chi connectivity index (χ2n) is 5.83. The normalized spacial score (nSPS) is 10.4. The van der Waals surface area contributed by atoms with E-state index in [4.69, 9.17) is 33.7 Å². The lowest BCUT2D eigenvalue weighted by Crippen LogP contribution is -2.31. The van der Waals surface area contributed by atoms with Crippen LogP contribution in [0.2, 0.25) is 10.0 Å². The minimum absolute atomic E-state index is 0.208. The summed E-state index contributed by atoms with van der Waals surface area (Å²) in [5.74, 6) is -0.727. The van der Waals surface area contributed by atoms with E-state index in [0.29, 0.717) is 21.4 Å². The molecule has 0 fully saturated rings.